The van der Waals surface area contributed by atoms with Crippen LogP contribution < -0.4 is 20.7 Å². The lowest BCUT2D eigenvalue weighted by Gasteiger charge is -2.36. The summed E-state index contributed by atoms with van der Waals surface area (Å²) >= 11 is 9.54. The molecule has 5 atom stereocenters. The molecule has 1 unspecified atom stereocenters. The van der Waals surface area contributed by atoms with E-state index in [0.717, 1.165) is 60.5 Å². The standard InChI is InChI=1S/C55H62ClN9O5S2/c1-29-22-44(52(68)58-31(3)36-12-14-38(15-13-36)49-32(4)57-28-71-49)64(27-29)53(69)50(55(7,8)9)61-45(66)23-35-10-20-41(21-11-35)70-42-24-40(25-42)59-46(67)26-43-51-63-62-34(6)65(51)54-47(30(2)33(5)72-54)48(60-43)37-16-18-39(56)19-17-37/h10-21,28-29,31,40,42-44,50H,22-27H2,1-9H3,(H,58,68)(H,59,67)(H,61,66)/t29-,31+,40-,42+,43?,44+,50-/m1/s1. The second-order valence-electron chi connectivity index (χ2n) is 20.7. The molecule has 1 saturated carbocycles. The van der Waals surface area contributed by atoms with E-state index in [1.165, 1.54) is 4.88 Å². The summed E-state index contributed by atoms with van der Waals surface area (Å²) in [5.74, 6) is 1.25. The van der Waals surface area contributed by atoms with Crippen LogP contribution in [0.2, 0.25) is 5.02 Å². The van der Waals surface area contributed by atoms with Gasteiger partial charge in [0, 0.05) is 46.5 Å². The highest BCUT2D eigenvalue weighted by molar-refractivity contribution is 7.15. The molecule has 3 N–H and O–H groups in total. The van der Waals surface area contributed by atoms with Crippen molar-refractivity contribution in [2.45, 2.75) is 131 Å². The third-order valence-corrected chi connectivity index (χ3v) is 16.5. The number of nitrogens with zero attached hydrogens (tertiary/aromatic N) is 6. The van der Waals surface area contributed by atoms with Crippen LogP contribution in [0, 0.1) is 39.0 Å². The number of rotatable bonds is 14. The van der Waals surface area contributed by atoms with Crippen molar-refractivity contribution >= 4 is 63.6 Å². The molecule has 4 amide bonds. The van der Waals surface area contributed by atoms with Gasteiger partial charge < -0.3 is 25.6 Å². The largest absolute Gasteiger partial charge is 0.490 e. The van der Waals surface area contributed by atoms with Crippen molar-refractivity contribution in [3.05, 3.63) is 133 Å². The number of carbonyl (C=O) groups excluding carboxylic acids is 4. The highest BCUT2D eigenvalue weighted by atomic mass is 35.5. The van der Waals surface area contributed by atoms with Crippen molar-refractivity contribution in [3.8, 4) is 21.2 Å². The van der Waals surface area contributed by atoms with Gasteiger partial charge in [-0.2, -0.15) is 0 Å². The summed E-state index contributed by atoms with van der Waals surface area (Å²) in [5, 5.41) is 20.0. The fourth-order valence-corrected chi connectivity index (χ4v) is 12.0. The van der Waals surface area contributed by atoms with Gasteiger partial charge in [-0.3, -0.25) is 28.7 Å². The molecule has 0 radical (unpaired) electrons. The maximum Gasteiger partial charge on any atom is 0.246 e. The van der Waals surface area contributed by atoms with Crippen molar-refractivity contribution in [2.24, 2.45) is 16.3 Å². The number of hydrogen-bond acceptors (Lipinski definition) is 11. The average Bonchev–Trinajstić information content (AvgIpc) is 4.10. The first-order valence-corrected chi connectivity index (χ1v) is 26.7. The Morgan fingerprint density at radius 3 is 2.24 bits per heavy atom. The number of likely N-dealkylation sites (tertiary alicyclic amines) is 1. The van der Waals surface area contributed by atoms with Gasteiger partial charge >= 0.3 is 0 Å². The van der Waals surface area contributed by atoms with Crippen LogP contribution in [0.15, 0.2) is 83.3 Å². The number of carbonyl (C=O) groups is 4. The molecular formula is C55H62ClN9O5S2. The maximum atomic E-state index is 14.4. The first-order chi connectivity index (χ1) is 34.3. The van der Waals surface area contributed by atoms with Crippen LogP contribution in [0.25, 0.3) is 15.4 Å². The van der Waals surface area contributed by atoms with E-state index in [4.69, 9.17) is 21.3 Å². The Bertz CT molecular complexity index is 3020. The molecule has 1 saturated heterocycles. The molecule has 72 heavy (non-hydrogen) atoms. The lowest BCUT2D eigenvalue weighted by Crippen LogP contribution is -2.58. The zero-order chi connectivity index (χ0) is 51.2. The van der Waals surface area contributed by atoms with Gasteiger partial charge in [0.1, 0.15) is 40.8 Å². The summed E-state index contributed by atoms with van der Waals surface area (Å²) in [5.41, 5.74) is 8.86. The maximum absolute atomic E-state index is 14.4. The highest BCUT2D eigenvalue weighted by Gasteiger charge is 2.44. The van der Waals surface area contributed by atoms with Gasteiger partial charge in [-0.15, -0.1) is 32.9 Å². The predicted molar refractivity (Wildman–Crippen MR) is 283 cm³/mol. The highest BCUT2D eigenvalue weighted by Crippen LogP contribution is 2.40. The number of hydrogen-bond donors (Lipinski definition) is 3. The molecule has 376 valence electrons. The minimum atomic E-state index is -0.848. The monoisotopic (exact) mass is 1030 g/mol. The van der Waals surface area contributed by atoms with Gasteiger partial charge in [0.05, 0.1) is 40.7 Å². The molecule has 9 rings (SSSR count). The summed E-state index contributed by atoms with van der Waals surface area (Å²) in [7, 11) is 0. The zero-order valence-corrected chi connectivity index (χ0v) is 44.6. The summed E-state index contributed by atoms with van der Waals surface area (Å²) in [6.07, 6.45) is 1.90. The minimum Gasteiger partial charge on any atom is -0.490 e. The van der Waals surface area contributed by atoms with E-state index in [1.807, 2.05) is 131 Å². The number of amides is 4. The number of fused-ring (bicyclic) bond motifs is 3. The normalized spacial score (nSPS) is 20.3. The minimum absolute atomic E-state index is 0.0554. The van der Waals surface area contributed by atoms with Crippen molar-refractivity contribution in [1.82, 2.24) is 40.6 Å². The van der Waals surface area contributed by atoms with Gasteiger partial charge in [-0.05, 0) is 98.9 Å². The van der Waals surface area contributed by atoms with E-state index in [0.29, 0.717) is 42.4 Å². The van der Waals surface area contributed by atoms with Gasteiger partial charge in [0.25, 0.3) is 0 Å². The number of thiophene rings is 1. The molecule has 3 aliphatic rings. The SMILES string of the molecule is Cc1ncsc1-c1ccc([C@H](C)NC(=O)[C@@H]2C[C@@H](C)CN2C(=O)[C@@H](NC(=O)Cc2ccc(O[C@H]3C[C@@H](NC(=O)CC4N=C(c5ccc(Cl)cc5)c5c(sc(C)c5C)-n5c(C)nnc54)C3)cc2)C(C)(C)C)cc1. The third kappa shape index (κ3) is 10.8. The van der Waals surface area contributed by atoms with E-state index < -0.39 is 23.5 Å². The van der Waals surface area contributed by atoms with Crippen LogP contribution in [-0.4, -0.2) is 84.8 Å². The number of aryl methyl sites for hydroxylation is 3. The summed E-state index contributed by atoms with van der Waals surface area (Å²) < 4.78 is 8.32. The summed E-state index contributed by atoms with van der Waals surface area (Å²) in [4.78, 5) is 69.1. The van der Waals surface area contributed by atoms with Crippen LogP contribution in [0.5, 0.6) is 5.75 Å². The topological polar surface area (TPSA) is 173 Å². The van der Waals surface area contributed by atoms with Crippen molar-refractivity contribution in [2.75, 3.05) is 6.54 Å². The molecule has 5 heterocycles. The van der Waals surface area contributed by atoms with Gasteiger partial charge in [-0.25, -0.2) is 4.98 Å². The van der Waals surface area contributed by atoms with E-state index in [2.05, 4.69) is 45.0 Å². The lowest BCUT2D eigenvalue weighted by molar-refractivity contribution is -0.144. The fourth-order valence-electron chi connectivity index (χ4n) is 9.90. The van der Waals surface area contributed by atoms with Gasteiger partial charge in [-0.1, -0.05) is 87.8 Å². The Hall–Kier alpha value is -6.23. The number of aromatic nitrogens is 4. The van der Waals surface area contributed by atoms with Crippen molar-refractivity contribution in [1.29, 1.82) is 0 Å². The first-order valence-electron chi connectivity index (χ1n) is 24.6. The van der Waals surface area contributed by atoms with Crippen LogP contribution in [-0.2, 0) is 25.6 Å². The molecular weight excluding hydrogens is 966 g/mol. The number of halogens is 1. The van der Waals surface area contributed by atoms with Crippen LogP contribution >= 0.6 is 34.3 Å². The second-order valence-corrected chi connectivity index (χ2v) is 23.2. The Balaban J connectivity index is 0.768. The van der Waals surface area contributed by atoms with Crippen LogP contribution in [0.1, 0.15) is 122 Å². The van der Waals surface area contributed by atoms with Gasteiger partial charge in [0.15, 0.2) is 5.82 Å². The fraction of sp³-hybridized carbons (Fsp3) is 0.418. The second kappa shape index (κ2) is 20.7. The molecule has 2 aliphatic heterocycles. The van der Waals surface area contributed by atoms with E-state index in [1.54, 1.807) is 27.6 Å². The van der Waals surface area contributed by atoms with Crippen molar-refractivity contribution < 1.29 is 23.9 Å². The number of benzene rings is 3. The Labute approximate surface area is 434 Å². The molecule has 0 spiro atoms. The Morgan fingerprint density at radius 1 is 0.875 bits per heavy atom. The summed E-state index contributed by atoms with van der Waals surface area (Å²) in [6.45, 7) is 18.3. The van der Waals surface area contributed by atoms with E-state index in [9.17, 15) is 19.2 Å². The zero-order valence-electron chi connectivity index (χ0n) is 42.2. The molecule has 14 nitrogen and oxygen atoms in total. The lowest BCUT2D eigenvalue weighted by atomic mass is 9.85. The molecule has 3 aromatic carbocycles. The number of nitrogens with one attached hydrogen (secondary N) is 3. The van der Waals surface area contributed by atoms with Crippen molar-refractivity contribution in [3.63, 3.8) is 0 Å². The Morgan fingerprint density at radius 2 is 1.57 bits per heavy atom. The quantitative estimate of drug-likeness (QED) is 0.0968. The van der Waals surface area contributed by atoms with Gasteiger partial charge in [0.2, 0.25) is 23.6 Å². The molecule has 2 fully saturated rings. The first kappa shape index (κ1) is 50.7. The van der Waals surface area contributed by atoms with E-state index >= 15 is 0 Å². The summed E-state index contributed by atoms with van der Waals surface area (Å²) in [6, 6.07) is 20.8. The average molecular weight is 1030 g/mol. The molecule has 17 heteroatoms. The van der Waals surface area contributed by atoms with Crippen LogP contribution in [0.4, 0.5) is 0 Å². The van der Waals surface area contributed by atoms with Crippen LogP contribution in [0.3, 0.4) is 0 Å². The smallest absolute Gasteiger partial charge is 0.246 e. The predicted octanol–water partition coefficient (Wildman–Crippen LogP) is 9.54. The molecule has 0 bridgehead atoms. The molecule has 6 aromatic rings. The molecule has 3 aromatic heterocycles. The number of aliphatic imine (C=N–C) groups is 1. The number of ether oxygens (including phenoxy) is 1. The third-order valence-electron chi connectivity index (χ3n) is 14.1. The van der Waals surface area contributed by atoms with E-state index in [-0.39, 0.29) is 60.6 Å². The Kier molecular flexibility index (Phi) is 14.6. The molecule has 1 aliphatic carbocycles. The number of thiazole rings is 1.